The van der Waals surface area contributed by atoms with Crippen molar-refractivity contribution < 1.29 is 25.2 Å². The molecule has 212 valence electrons. The van der Waals surface area contributed by atoms with Crippen LogP contribution >= 0.6 is 0 Å². The largest absolute Gasteiger partial charge is 0.489 e. The lowest BCUT2D eigenvalue weighted by molar-refractivity contribution is -0.145. The fourth-order valence-corrected chi connectivity index (χ4v) is 3.97. The van der Waals surface area contributed by atoms with Gasteiger partial charge in [0.1, 0.15) is 18.0 Å². The zero-order valence-corrected chi connectivity index (χ0v) is 24.3. The van der Waals surface area contributed by atoms with Crippen LogP contribution in [-0.2, 0) is 20.9 Å². The van der Waals surface area contributed by atoms with E-state index in [1.54, 1.807) is 0 Å². The molecule has 0 saturated heterocycles. The molecule has 6 heteroatoms. The molecule has 1 amide bonds. The molecule has 0 radical (unpaired) electrons. The molecule has 39 heavy (non-hydrogen) atoms. The standard InChI is InChI=1S/C26H29NO3.C7H14O2.H2/c1-19-10-8-11-20(16-19)18-29-23-15-9-14-22(17-23)24(21-12-6-5-7-13-21)27-25(28)30-26(2,3)4;1-4-6(5-2)7(8)9-3;/h5-17,24H,18H2,1-4H3,(H,27,28);6H,4-5H2,1-3H3;1H/t24-;;/m0../s1. The molecule has 0 aromatic heterocycles. The van der Waals surface area contributed by atoms with Gasteiger partial charge in [-0.05, 0) is 69.4 Å². The summed E-state index contributed by atoms with van der Waals surface area (Å²) in [6.07, 6.45) is 1.30. The molecule has 3 aromatic carbocycles. The number of amides is 1. The molecule has 0 saturated carbocycles. The van der Waals surface area contributed by atoms with Crippen LogP contribution in [0.1, 0.15) is 77.2 Å². The lowest BCUT2D eigenvalue weighted by atomic mass is 9.98. The number of benzene rings is 3. The van der Waals surface area contributed by atoms with Crippen LogP contribution in [0, 0.1) is 12.8 Å². The number of nitrogens with one attached hydrogen (secondary N) is 1. The smallest absolute Gasteiger partial charge is 0.408 e. The predicted octanol–water partition coefficient (Wildman–Crippen LogP) is 8.03. The van der Waals surface area contributed by atoms with Crippen molar-refractivity contribution in [3.63, 3.8) is 0 Å². The maximum atomic E-state index is 12.5. The van der Waals surface area contributed by atoms with Gasteiger partial charge < -0.3 is 19.5 Å². The van der Waals surface area contributed by atoms with Crippen molar-refractivity contribution in [1.82, 2.24) is 5.32 Å². The first kappa shape index (κ1) is 31.4. The summed E-state index contributed by atoms with van der Waals surface area (Å²) in [7, 11) is 1.43. The van der Waals surface area contributed by atoms with Crippen LogP contribution in [-0.4, -0.2) is 24.8 Å². The Morgan fingerprint density at radius 1 is 0.872 bits per heavy atom. The molecule has 0 unspecified atom stereocenters. The van der Waals surface area contributed by atoms with Crippen LogP contribution in [0.5, 0.6) is 5.75 Å². The van der Waals surface area contributed by atoms with E-state index in [2.05, 4.69) is 29.1 Å². The quantitative estimate of drug-likeness (QED) is 0.281. The minimum Gasteiger partial charge on any atom is -0.489 e. The zero-order valence-electron chi connectivity index (χ0n) is 24.3. The Morgan fingerprint density at radius 3 is 2.08 bits per heavy atom. The second-order valence-corrected chi connectivity index (χ2v) is 10.4. The third kappa shape index (κ3) is 11.2. The van der Waals surface area contributed by atoms with Gasteiger partial charge in [0.15, 0.2) is 0 Å². The van der Waals surface area contributed by atoms with Crippen LogP contribution in [0.4, 0.5) is 4.79 Å². The van der Waals surface area contributed by atoms with Crippen LogP contribution in [0.2, 0.25) is 0 Å². The SMILES string of the molecule is CCC(CC)C(=O)OC.Cc1cccc(COc2cccc([C@@H](NC(=O)OC(C)(C)C)c3ccccc3)c2)c1.[HH]. The van der Waals surface area contributed by atoms with Crippen molar-refractivity contribution in [3.05, 3.63) is 101 Å². The average molecular weight is 536 g/mol. The summed E-state index contributed by atoms with van der Waals surface area (Å²) in [5.74, 6) is 0.774. The Balaban J connectivity index is 0.000000692. The maximum Gasteiger partial charge on any atom is 0.408 e. The minimum atomic E-state index is -0.565. The summed E-state index contributed by atoms with van der Waals surface area (Å²) in [6, 6.07) is 25.6. The Bertz CT molecular complexity index is 1170. The van der Waals surface area contributed by atoms with E-state index in [-0.39, 0.29) is 19.4 Å². The van der Waals surface area contributed by atoms with E-state index in [9.17, 15) is 9.59 Å². The minimum absolute atomic E-state index is 0. The van der Waals surface area contributed by atoms with Crippen molar-refractivity contribution in [2.24, 2.45) is 5.92 Å². The Morgan fingerprint density at radius 2 is 1.51 bits per heavy atom. The molecular formula is C33H45NO5. The van der Waals surface area contributed by atoms with Gasteiger partial charge in [-0.2, -0.15) is 0 Å². The van der Waals surface area contributed by atoms with E-state index >= 15 is 0 Å². The van der Waals surface area contributed by atoms with E-state index < -0.39 is 11.7 Å². The summed E-state index contributed by atoms with van der Waals surface area (Å²) in [5, 5.41) is 3.00. The second-order valence-electron chi connectivity index (χ2n) is 10.4. The topological polar surface area (TPSA) is 73.9 Å². The Hall–Kier alpha value is -3.80. The van der Waals surface area contributed by atoms with Gasteiger partial charge in [0.2, 0.25) is 0 Å². The van der Waals surface area contributed by atoms with E-state index in [0.29, 0.717) is 6.61 Å². The third-order valence-corrected chi connectivity index (χ3v) is 5.99. The van der Waals surface area contributed by atoms with Crippen molar-refractivity contribution >= 4 is 12.1 Å². The highest BCUT2D eigenvalue weighted by atomic mass is 16.6. The van der Waals surface area contributed by atoms with Gasteiger partial charge in [0.05, 0.1) is 19.1 Å². The van der Waals surface area contributed by atoms with Crippen LogP contribution in [0.15, 0.2) is 78.9 Å². The molecule has 6 nitrogen and oxygen atoms in total. The summed E-state index contributed by atoms with van der Waals surface area (Å²) in [6.45, 7) is 12.1. The van der Waals surface area contributed by atoms with Gasteiger partial charge in [0.25, 0.3) is 0 Å². The predicted molar refractivity (Wildman–Crippen MR) is 158 cm³/mol. The molecule has 3 aromatic rings. The number of aryl methyl sites for hydroxylation is 1. The number of hydrogen-bond acceptors (Lipinski definition) is 5. The molecule has 0 spiro atoms. The van der Waals surface area contributed by atoms with E-state index in [4.69, 9.17) is 9.47 Å². The monoisotopic (exact) mass is 535 g/mol. The lowest BCUT2D eigenvalue weighted by Gasteiger charge is -2.24. The van der Waals surface area contributed by atoms with Crippen molar-refractivity contribution in [1.29, 1.82) is 0 Å². The molecule has 0 aliphatic rings. The van der Waals surface area contributed by atoms with E-state index in [1.165, 1.54) is 12.7 Å². The normalized spacial score (nSPS) is 11.6. The first-order chi connectivity index (χ1) is 18.6. The van der Waals surface area contributed by atoms with E-state index in [1.807, 2.05) is 101 Å². The van der Waals surface area contributed by atoms with Gasteiger partial charge in [-0.25, -0.2) is 4.79 Å². The Labute approximate surface area is 235 Å². The second kappa shape index (κ2) is 15.6. The fraction of sp³-hybridized carbons (Fsp3) is 0.394. The highest BCUT2D eigenvalue weighted by Crippen LogP contribution is 2.26. The van der Waals surface area contributed by atoms with Crippen molar-refractivity contribution in [3.8, 4) is 5.75 Å². The van der Waals surface area contributed by atoms with Crippen LogP contribution in [0.3, 0.4) is 0 Å². The first-order valence-corrected chi connectivity index (χ1v) is 13.5. The summed E-state index contributed by atoms with van der Waals surface area (Å²) >= 11 is 0. The van der Waals surface area contributed by atoms with Crippen molar-refractivity contribution in [2.45, 2.75) is 72.6 Å². The van der Waals surface area contributed by atoms with Gasteiger partial charge in [-0.3, -0.25) is 4.79 Å². The molecule has 0 aliphatic carbocycles. The zero-order chi connectivity index (χ0) is 28.8. The molecule has 0 fully saturated rings. The van der Waals surface area contributed by atoms with Gasteiger partial charge in [0, 0.05) is 1.43 Å². The number of rotatable bonds is 9. The molecule has 3 rings (SSSR count). The number of esters is 1. The number of carbonyl (C=O) groups is 2. The maximum absolute atomic E-state index is 12.5. The number of carbonyl (C=O) groups excluding carboxylic acids is 2. The highest BCUT2D eigenvalue weighted by molar-refractivity contribution is 5.72. The van der Waals surface area contributed by atoms with Crippen LogP contribution < -0.4 is 10.1 Å². The van der Waals surface area contributed by atoms with Crippen LogP contribution in [0.25, 0.3) is 0 Å². The number of hydrogen-bond donors (Lipinski definition) is 1. The van der Waals surface area contributed by atoms with Gasteiger partial charge in [-0.15, -0.1) is 0 Å². The average Bonchev–Trinajstić information content (AvgIpc) is 2.91. The molecule has 0 bridgehead atoms. The fourth-order valence-electron chi connectivity index (χ4n) is 3.97. The number of alkyl carbamates (subject to hydrolysis) is 1. The molecule has 1 atom stereocenters. The molecule has 0 heterocycles. The summed E-state index contributed by atoms with van der Waals surface area (Å²) < 4.78 is 16.0. The molecular weight excluding hydrogens is 490 g/mol. The first-order valence-electron chi connectivity index (χ1n) is 13.5. The highest BCUT2D eigenvalue weighted by Gasteiger charge is 2.22. The van der Waals surface area contributed by atoms with Crippen molar-refractivity contribution in [2.75, 3.05) is 7.11 Å². The third-order valence-electron chi connectivity index (χ3n) is 5.99. The molecule has 0 aliphatic heterocycles. The molecule has 1 N–H and O–H groups in total. The van der Waals surface area contributed by atoms with Gasteiger partial charge in [-0.1, -0.05) is 86.1 Å². The summed E-state index contributed by atoms with van der Waals surface area (Å²) in [4.78, 5) is 23.2. The van der Waals surface area contributed by atoms with E-state index in [0.717, 1.165) is 35.3 Å². The lowest BCUT2D eigenvalue weighted by Crippen LogP contribution is -2.35. The Kier molecular flexibility index (Phi) is 12.5. The van der Waals surface area contributed by atoms with Gasteiger partial charge >= 0.3 is 12.1 Å². The number of ether oxygens (including phenoxy) is 3. The number of methoxy groups -OCH3 is 1. The summed E-state index contributed by atoms with van der Waals surface area (Å²) in [5.41, 5.74) is 3.65.